The molecule has 0 aliphatic heterocycles. The van der Waals surface area contributed by atoms with Crippen LogP contribution < -0.4 is 4.74 Å². The fourth-order valence-corrected chi connectivity index (χ4v) is 1.85. The number of nitrogens with zero attached hydrogens (tertiary/aromatic N) is 2. The quantitative estimate of drug-likeness (QED) is 0.764. The number of esters is 1. The molecule has 0 aliphatic carbocycles. The van der Waals surface area contributed by atoms with Crippen molar-refractivity contribution in [3.05, 3.63) is 30.1 Å². The third-order valence-corrected chi connectivity index (χ3v) is 2.79. The molecule has 2 aromatic rings. The average Bonchev–Trinajstić information content (AvgIpc) is 2.89. The van der Waals surface area contributed by atoms with Crippen molar-refractivity contribution in [2.45, 2.75) is 13.0 Å². The SMILES string of the molecule is CCOC(=O)c1cnn2ccc(OCC(O)COC)cc12. The van der Waals surface area contributed by atoms with Crippen LogP contribution in [0.25, 0.3) is 5.52 Å². The van der Waals surface area contributed by atoms with E-state index in [-0.39, 0.29) is 13.2 Å². The Labute approximate surface area is 122 Å². The Kier molecular flexibility index (Phi) is 5.13. The van der Waals surface area contributed by atoms with Gasteiger partial charge in [-0.2, -0.15) is 5.10 Å². The first-order valence-corrected chi connectivity index (χ1v) is 6.60. The Morgan fingerprint density at radius 3 is 3.00 bits per heavy atom. The van der Waals surface area contributed by atoms with Crippen LogP contribution in [-0.2, 0) is 9.47 Å². The van der Waals surface area contributed by atoms with E-state index >= 15 is 0 Å². The molecule has 0 radical (unpaired) electrons. The minimum Gasteiger partial charge on any atom is -0.491 e. The van der Waals surface area contributed by atoms with Crippen molar-refractivity contribution >= 4 is 11.5 Å². The number of pyridine rings is 1. The van der Waals surface area contributed by atoms with Gasteiger partial charge in [-0.25, -0.2) is 9.31 Å². The highest BCUT2D eigenvalue weighted by Gasteiger charge is 2.14. The van der Waals surface area contributed by atoms with E-state index in [4.69, 9.17) is 14.2 Å². The summed E-state index contributed by atoms with van der Waals surface area (Å²) >= 11 is 0. The van der Waals surface area contributed by atoms with Gasteiger partial charge in [0, 0.05) is 19.4 Å². The fourth-order valence-electron chi connectivity index (χ4n) is 1.85. The monoisotopic (exact) mass is 294 g/mol. The van der Waals surface area contributed by atoms with E-state index in [1.165, 1.54) is 13.3 Å². The normalized spacial score (nSPS) is 12.3. The molecular formula is C14H18N2O5. The number of fused-ring (bicyclic) bond motifs is 1. The molecule has 0 saturated carbocycles. The third kappa shape index (κ3) is 3.71. The molecule has 0 amide bonds. The molecule has 114 valence electrons. The molecule has 2 heterocycles. The molecule has 2 rings (SSSR count). The van der Waals surface area contributed by atoms with E-state index in [0.717, 1.165) is 0 Å². The van der Waals surface area contributed by atoms with E-state index in [9.17, 15) is 9.90 Å². The van der Waals surface area contributed by atoms with Gasteiger partial charge in [-0.3, -0.25) is 0 Å². The van der Waals surface area contributed by atoms with Crippen LogP contribution >= 0.6 is 0 Å². The summed E-state index contributed by atoms with van der Waals surface area (Å²) < 4.78 is 16.8. The first-order valence-electron chi connectivity index (χ1n) is 6.60. The lowest BCUT2D eigenvalue weighted by Gasteiger charge is -2.11. The summed E-state index contributed by atoms with van der Waals surface area (Å²) in [6.07, 6.45) is 2.42. The first kappa shape index (κ1) is 15.3. The number of carbonyl (C=O) groups is 1. The number of ether oxygens (including phenoxy) is 3. The molecule has 7 nitrogen and oxygen atoms in total. The molecule has 0 saturated heterocycles. The number of hydrogen-bond acceptors (Lipinski definition) is 6. The summed E-state index contributed by atoms with van der Waals surface area (Å²) in [6, 6.07) is 3.38. The van der Waals surface area contributed by atoms with Crippen LogP contribution in [0.5, 0.6) is 5.75 Å². The highest BCUT2D eigenvalue weighted by Crippen LogP contribution is 2.18. The van der Waals surface area contributed by atoms with Gasteiger partial charge in [0.2, 0.25) is 0 Å². The van der Waals surface area contributed by atoms with Crippen LogP contribution in [0, 0.1) is 0 Å². The number of hydrogen-bond donors (Lipinski definition) is 1. The van der Waals surface area contributed by atoms with Gasteiger partial charge in [-0.05, 0) is 13.0 Å². The minimum absolute atomic E-state index is 0.104. The predicted molar refractivity (Wildman–Crippen MR) is 74.5 cm³/mol. The summed E-state index contributed by atoms with van der Waals surface area (Å²) in [5.74, 6) is 0.104. The highest BCUT2D eigenvalue weighted by molar-refractivity contribution is 5.96. The lowest BCUT2D eigenvalue weighted by molar-refractivity contribution is 0.0325. The van der Waals surface area contributed by atoms with Gasteiger partial charge in [-0.15, -0.1) is 0 Å². The second kappa shape index (κ2) is 7.05. The van der Waals surface area contributed by atoms with E-state index in [0.29, 0.717) is 23.4 Å². The van der Waals surface area contributed by atoms with Crippen molar-refractivity contribution in [2.24, 2.45) is 0 Å². The van der Waals surface area contributed by atoms with Gasteiger partial charge in [0.1, 0.15) is 24.0 Å². The summed E-state index contributed by atoms with van der Waals surface area (Å²) in [6.45, 7) is 2.35. The van der Waals surface area contributed by atoms with Crippen molar-refractivity contribution in [3.8, 4) is 5.75 Å². The zero-order chi connectivity index (χ0) is 15.2. The summed E-state index contributed by atoms with van der Waals surface area (Å²) in [5, 5.41) is 13.6. The maximum atomic E-state index is 11.8. The van der Waals surface area contributed by atoms with Gasteiger partial charge in [0.05, 0.1) is 24.9 Å². The topological polar surface area (TPSA) is 82.3 Å². The molecule has 1 unspecified atom stereocenters. The second-order valence-electron chi connectivity index (χ2n) is 4.39. The zero-order valence-corrected chi connectivity index (χ0v) is 12.0. The van der Waals surface area contributed by atoms with Crippen LogP contribution in [0.2, 0.25) is 0 Å². The second-order valence-corrected chi connectivity index (χ2v) is 4.39. The molecule has 2 aromatic heterocycles. The molecule has 0 fully saturated rings. The van der Waals surface area contributed by atoms with Crippen molar-refractivity contribution in [1.82, 2.24) is 9.61 Å². The highest BCUT2D eigenvalue weighted by atomic mass is 16.5. The van der Waals surface area contributed by atoms with E-state index in [2.05, 4.69) is 5.10 Å². The Bertz CT molecular complexity index is 610. The number of aromatic nitrogens is 2. The molecule has 0 aromatic carbocycles. The van der Waals surface area contributed by atoms with Crippen LogP contribution in [0.4, 0.5) is 0 Å². The predicted octanol–water partition coefficient (Wildman–Crippen LogP) is 0.897. The van der Waals surface area contributed by atoms with Gasteiger partial charge in [-0.1, -0.05) is 0 Å². The van der Waals surface area contributed by atoms with Gasteiger partial charge < -0.3 is 19.3 Å². The van der Waals surface area contributed by atoms with Crippen molar-refractivity contribution in [1.29, 1.82) is 0 Å². The fraction of sp³-hybridized carbons (Fsp3) is 0.429. The van der Waals surface area contributed by atoms with Crippen LogP contribution in [0.15, 0.2) is 24.5 Å². The third-order valence-electron chi connectivity index (χ3n) is 2.79. The summed E-state index contributed by atoms with van der Waals surface area (Å²) in [5.41, 5.74) is 0.965. The molecular weight excluding hydrogens is 276 g/mol. The zero-order valence-electron chi connectivity index (χ0n) is 12.0. The van der Waals surface area contributed by atoms with Crippen LogP contribution in [0.3, 0.4) is 0 Å². The standard InChI is InChI=1S/C14H18N2O5/c1-3-20-14(18)12-7-15-16-5-4-11(6-13(12)16)21-9-10(17)8-19-2/h4-7,10,17H,3,8-9H2,1-2H3. The Morgan fingerprint density at radius 2 is 2.29 bits per heavy atom. The smallest absolute Gasteiger partial charge is 0.341 e. The maximum Gasteiger partial charge on any atom is 0.341 e. The molecule has 7 heteroatoms. The molecule has 1 atom stereocenters. The Balaban J connectivity index is 2.16. The molecule has 0 aliphatic rings. The maximum absolute atomic E-state index is 11.8. The molecule has 1 N–H and O–H groups in total. The first-order chi connectivity index (χ1) is 10.2. The van der Waals surface area contributed by atoms with Gasteiger partial charge >= 0.3 is 5.97 Å². The largest absolute Gasteiger partial charge is 0.491 e. The van der Waals surface area contributed by atoms with Crippen LogP contribution in [0.1, 0.15) is 17.3 Å². The number of methoxy groups -OCH3 is 1. The average molecular weight is 294 g/mol. The van der Waals surface area contributed by atoms with E-state index in [1.807, 2.05) is 0 Å². The van der Waals surface area contributed by atoms with Crippen LogP contribution in [-0.4, -0.2) is 53.7 Å². The van der Waals surface area contributed by atoms with E-state index in [1.54, 1.807) is 29.8 Å². The van der Waals surface area contributed by atoms with Crippen molar-refractivity contribution in [3.63, 3.8) is 0 Å². The summed E-state index contributed by atoms with van der Waals surface area (Å²) in [4.78, 5) is 11.8. The number of aliphatic hydroxyl groups is 1. The Hall–Kier alpha value is -2.12. The lowest BCUT2D eigenvalue weighted by Crippen LogP contribution is -2.22. The number of rotatable bonds is 7. The molecule has 21 heavy (non-hydrogen) atoms. The molecule has 0 spiro atoms. The van der Waals surface area contributed by atoms with Crippen molar-refractivity contribution < 1.29 is 24.1 Å². The van der Waals surface area contributed by atoms with E-state index < -0.39 is 12.1 Å². The van der Waals surface area contributed by atoms with Gasteiger partial charge in [0.15, 0.2) is 0 Å². The number of aliphatic hydroxyl groups excluding tert-OH is 1. The van der Waals surface area contributed by atoms with Gasteiger partial charge in [0.25, 0.3) is 0 Å². The lowest BCUT2D eigenvalue weighted by atomic mass is 10.2. The van der Waals surface area contributed by atoms with Crippen molar-refractivity contribution in [2.75, 3.05) is 26.9 Å². The number of carbonyl (C=O) groups excluding carboxylic acids is 1. The molecule has 0 bridgehead atoms. The Morgan fingerprint density at radius 1 is 1.48 bits per heavy atom. The summed E-state index contributed by atoms with van der Waals surface area (Å²) in [7, 11) is 1.51. The minimum atomic E-state index is -0.708.